The molecule has 0 bridgehead atoms. The molecule has 1 aromatic carbocycles. The molecule has 36 heavy (non-hydrogen) atoms. The Morgan fingerprint density at radius 1 is 1.22 bits per heavy atom. The van der Waals surface area contributed by atoms with Gasteiger partial charge in [0.25, 0.3) is 0 Å². The van der Waals surface area contributed by atoms with Gasteiger partial charge in [0.15, 0.2) is 0 Å². The highest BCUT2D eigenvalue weighted by Crippen LogP contribution is 2.41. The quantitative estimate of drug-likeness (QED) is 0.347. The number of likely N-dealkylation sites (tertiary alicyclic amines) is 2. The number of rotatable bonds is 8. The second-order valence-electron chi connectivity index (χ2n) is 10.3. The zero-order valence-corrected chi connectivity index (χ0v) is 23.3. The molecule has 1 aromatic rings. The Morgan fingerprint density at radius 3 is 2.39 bits per heavy atom. The summed E-state index contributed by atoms with van der Waals surface area (Å²) in [5, 5.41) is 9.95. The normalized spacial score (nSPS) is 20.8. The first-order chi connectivity index (χ1) is 16.9. The van der Waals surface area contributed by atoms with Gasteiger partial charge in [-0.3, -0.25) is 4.79 Å². The zero-order valence-electron chi connectivity index (χ0n) is 21.0. The SMILES string of the molecule is C=CCOc1cc(Cl)c(Cl)cc1[C@H](N[S@@+]([O-])C(C)(C)C)C1CCN(C(=O)[C@H]2CCN(C(=O)O)C2)CC1. The van der Waals surface area contributed by atoms with Crippen molar-refractivity contribution in [3.63, 3.8) is 0 Å². The third-order valence-corrected chi connectivity index (χ3v) is 8.97. The van der Waals surface area contributed by atoms with E-state index < -0.39 is 22.2 Å². The number of nitrogens with zero attached hydrogens (tertiary/aromatic N) is 2. The summed E-state index contributed by atoms with van der Waals surface area (Å²) in [6, 6.07) is 3.09. The van der Waals surface area contributed by atoms with Crippen LogP contribution in [0.15, 0.2) is 24.8 Å². The highest BCUT2D eigenvalue weighted by Gasteiger charge is 2.39. The third-order valence-electron chi connectivity index (χ3n) is 6.67. The first-order valence-corrected chi connectivity index (χ1v) is 14.0. The molecule has 2 N–H and O–H groups in total. The van der Waals surface area contributed by atoms with Crippen molar-refractivity contribution < 1.29 is 24.0 Å². The van der Waals surface area contributed by atoms with Crippen LogP contribution in [-0.4, -0.2) is 69.0 Å². The third kappa shape index (κ3) is 7.01. The van der Waals surface area contributed by atoms with E-state index in [1.165, 1.54) is 4.90 Å². The van der Waals surface area contributed by atoms with Gasteiger partial charge < -0.3 is 24.2 Å². The summed E-state index contributed by atoms with van der Waals surface area (Å²) in [5.41, 5.74) is 0.765. The van der Waals surface area contributed by atoms with Gasteiger partial charge in [0, 0.05) is 49.2 Å². The zero-order chi connectivity index (χ0) is 26.6. The number of benzene rings is 1. The summed E-state index contributed by atoms with van der Waals surface area (Å²) in [6.07, 6.45) is 2.57. The number of hydrogen-bond donors (Lipinski definition) is 2. The molecule has 2 aliphatic rings. The Labute approximate surface area is 226 Å². The van der Waals surface area contributed by atoms with Gasteiger partial charge in [0.1, 0.15) is 17.1 Å². The molecule has 0 unspecified atom stereocenters. The highest BCUT2D eigenvalue weighted by molar-refractivity contribution is 7.90. The maximum atomic E-state index is 13.2. The highest BCUT2D eigenvalue weighted by atomic mass is 35.5. The molecule has 2 aliphatic heterocycles. The number of halogens is 2. The van der Waals surface area contributed by atoms with Crippen molar-refractivity contribution in [2.24, 2.45) is 11.8 Å². The Balaban J connectivity index is 1.80. The van der Waals surface area contributed by atoms with E-state index >= 15 is 0 Å². The van der Waals surface area contributed by atoms with Crippen LogP contribution in [0.3, 0.4) is 0 Å². The number of piperidine rings is 1. The molecule has 0 aliphatic carbocycles. The van der Waals surface area contributed by atoms with Crippen LogP contribution in [0.5, 0.6) is 5.75 Å². The van der Waals surface area contributed by atoms with E-state index in [0.29, 0.717) is 54.7 Å². The number of nitrogens with one attached hydrogen (secondary N) is 1. The van der Waals surface area contributed by atoms with E-state index in [-0.39, 0.29) is 36.9 Å². The van der Waals surface area contributed by atoms with E-state index in [9.17, 15) is 19.2 Å². The Kier molecular flexibility index (Phi) is 9.85. The topological polar surface area (TPSA) is 105 Å². The average molecular weight is 561 g/mol. The molecule has 2 heterocycles. The van der Waals surface area contributed by atoms with Gasteiger partial charge in [-0.2, -0.15) is 0 Å². The van der Waals surface area contributed by atoms with Gasteiger partial charge in [-0.1, -0.05) is 35.9 Å². The molecule has 0 radical (unpaired) electrons. The Morgan fingerprint density at radius 2 is 1.83 bits per heavy atom. The number of carboxylic acid groups (broad SMARTS) is 1. The molecule has 2 amide bonds. The van der Waals surface area contributed by atoms with Crippen molar-refractivity contribution in [1.82, 2.24) is 14.5 Å². The lowest BCUT2D eigenvalue weighted by Gasteiger charge is -2.38. The van der Waals surface area contributed by atoms with E-state index in [4.69, 9.17) is 27.9 Å². The first-order valence-electron chi connectivity index (χ1n) is 12.1. The molecule has 11 heteroatoms. The number of ether oxygens (including phenoxy) is 1. The Bertz CT molecular complexity index is 966. The summed E-state index contributed by atoms with van der Waals surface area (Å²) in [4.78, 5) is 27.4. The molecular weight excluding hydrogens is 525 g/mol. The molecule has 0 aromatic heterocycles. The summed E-state index contributed by atoms with van der Waals surface area (Å²) < 4.78 is 21.9. The van der Waals surface area contributed by atoms with Gasteiger partial charge in [-0.15, -0.1) is 4.72 Å². The standard InChI is InChI=1S/C25H35Cl2N3O5S/c1-5-12-35-21-14-20(27)19(26)13-18(21)22(28-36(34)25(2,3)4)16-6-9-29(10-7-16)23(31)17-8-11-30(15-17)24(32)33/h5,13-14,16-17,22,28H,1,6-12,15H2,2-4H3,(H,32,33)/t17-,22+,36-/m0/s1. The summed E-state index contributed by atoms with van der Waals surface area (Å²) in [6.45, 7) is 11.4. The van der Waals surface area contributed by atoms with E-state index in [1.54, 1.807) is 18.2 Å². The fourth-order valence-corrected chi connectivity index (χ4v) is 5.84. The van der Waals surface area contributed by atoms with E-state index in [0.717, 1.165) is 5.56 Å². The maximum absolute atomic E-state index is 13.2. The molecular formula is C25H35Cl2N3O5S. The minimum Gasteiger partial charge on any atom is -0.598 e. The molecule has 0 saturated carbocycles. The second kappa shape index (κ2) is 12.3. The lowest BCUT2D eigenvalue weighted by Crippen LogP contribution is -2.47. The number of carbonyl (C=O) groups is 2. The lowest BCUT2D eigenvalue weighted by molar-refractivity contribution is -0.136. The van der Waals surface area contributed by atoms with Crippen molar-refractivity contribution in [2.75, 3.05) is 32.8 Å². The van der Waals surface area contributed by atoms with Crippen molar-refractivity contribution in [1.29, 1.82) is 0 Å². The van der Waals surface area contributed by atoms with E-state index in [1.807, 2.05) is 25.7 Å². The smallest absolute Gasteiger partial charge is 0.407 e. The summed E-state index contributed by atoms with van der Waals surface area (Å²) in [5.74, 6) is 0.312. The fraction of sp³-hybridized carbons (Fsp3) is 0.600. The summed E-state index contributed by atoms with van der Waals surface area (Å²) >= 11 is 11.3. The summed E-state index contributed by atoms with van der Waals surface area (Å²) in [7, 11) is 0. The van der Waals surface area contributed by atoms with Crippen LogP contribution in [0.1, 0.15) is 51.6 Å². The van der Waals surface area contributed by atoms with Crippen molar-refractivity contribution in [3.05, 3.63) is 40.4 Å². The number of amides is 2. The second-order valence-corrected chi connectivity index (χ2v) is 13.1. The van der Waals surface area contributed by atoms with Crippen molar-refractivity contribution in [3.8, 4) is 5.75 Å². The van der Waals surface area contributed by atoms with Crippen LogP contribution in [0.2, 0.25) is 10.0 Å². The minimum atomic E-state index is -1.37. The number of hydrogen-bond acceptors (Lipinski definition) is 5. The maximum Gasteiger partial charge on any atom is 0.407 e. The lowest BCUT2D eigenvalue weighted by atomic mass is 9.85. The molecule has 3 rings (SSSR count). The van der Waals surface area contributed by atoms with Crippen LogP contribution >= 0.6 is 23.2 Å². The van der Waals surface area contributed by atoms with Crippen LogP contribution in [-0.2, 0) is 16.2 Å². The van der Waals surface area contributed by atoms with Gasteiger partial charge in [0.05, 0.1) is 22.0 Å². The molecule has 0 spiro atoms. The fourth-order valence-electron chi connectivity index (χ4n) is 4.61. The van der Waals surface area contributed by atoms with Gasteiger partial charge in [-0.25, -0.2) is 4.79 Å². The Hall–Kier alpha value is -1.65. The number of carbonyl (C=O) groups excluding carboxylic acids is 1. The van der Waals surface area contributed by atoms with Crippen LogP contribution < -0.4 is 9.46 Å². The molecule has 200 valence electrons. The van der Waals surface area contributed by atoms with Crippen molar-refractivity contribution >= 4 is 46.6 Å². The van der Waals surface area contributed by atoms with Gasteiger partial charge in [0.2, 0.25) is 5.91 Å². The molecule has 8 nitrogen and oxygen atoms in total. The average Bonchev–Trinajstić information content (AvgIpc) is 3.33. The van der Waals surface area contributed by atoms with Crippen LogP contribution in [0.4, 0.5) is 4.79 Å². The van der Waals surface area contributed by atoms with E-state index in [2.05, 4.69) is 11.3 Å². The van der Waals surface area contributed by atoms with Crippen molar-refractivity contribution in [2.45, 2.75) is 50.8 Å². The van der Waals surface area contributed by atoms with Gasteiger partial charge in [-0.05, 0) is 52.0 Å². The predicted octanol–water partition coefficient (Wildman–Crippen LogP) is 4.89. The van der Waals surface area contributed by atoms with Crippen LogP contribution in [0, 0.1) is 11.8 Å². The first kappa shape index (κ1) is 28.9. The minimum absolute atomic E-state index is 0.00419. The molecule has 2 fully saturated rings. The molecule has 3 atom stereocenters. The predicted molar refractivity (Wildman–Crippen MR) is 143 cm³/mol. The largest absolute Gasteiger partial charge is 0.598 e. The van der Waals surface area contributed by atoms with Gasteiger partial charge >= 0.3 is 6.09 Å². The van der Waals surface area contributed by atoms with Crippen LogP contribution in [0.25, 0.3) is 0 Å². The monoisotopic (exact) mass is 559 g/mol. The molecule has 2 saturated heterocycles.